The molecule has 1 aromatic rings. The van der Waals surface area contributed by atoms with Gasteiger partial charge in [-0.05, 0) is 26.3 Å². The van der Waals surface area contributed by atoms with Crippen molar-refractivity contribution in [2.45, 2.75) is 46.1 Å². The third-order valence-electron chi connectivity index (χ3n) is 2.89. The lowest BCUT2D eigenvalue weighted by Crippen LogP contribution is -2.32. The van der Waals surface area contributed by atoms with E-state index in [1.807, 2.05) is 0 Å². The molecule has 0 aliphatic carbocycles. The third-order valence-corrected chi connectivity index (χ3v) is 3.26. The number of aromatic nitrogens is 1. The van der Waals surface area contributed by atoms with Crippen LogP contribution in [-0.2, 0) is 0 Å². The molecular weight excluding hydrogens is 246 g/mol. The Kier molecular flexibility index (Phi) is 5.94. The predicted octanol–water partition coefficient (Wildman–Crippen LogP) is 4.01. The van der Waals surface area contributed by atoms with Gasteiger partial charge in [-0.25, -0.2) is 4.98 Å². The first-order valence-corrected chi connectivity index (χ1v) is 6.80. The minimum absolute atomic E-state index is 0.320. The lowest BCUT2D eigenvalue weighted by molar-refractivity contribution is 0.620. The smallest absolute Gasteiger partial charge is 0.148 e. The van der Waals surface area contributed by atoms with E-state index >= 15 is 0 Å². The van der Waals surface area contributed by atoms with Crippen molar-refractivity contribution in [2.24, 2.45) is 0 Å². The Morgan fingerprint density at radius 3 is 2.72 bits per heavy atom. The number of nitrogens with zero attached hydrogens (tertiary/aromatic N) is 3. The summed E-state index contributed by atoms with van der Waals surface area (Å²) in [5.74, 6) is 0.724. The first kappa shape index (κ1) is 14.8. The number of unbranched alkanes of at least 4 members (excludes halogenated alkanes) is 2. The van der Waals surface area contributed by atoms with E-state index in [1.165, 1.54) is 12.8 Å². The molecule has 0 saturated heterocycles. The summed E-state index contributed by atoms with van der Waals surface area (Å²) >= 11 is 6.23. The Morgan fingerprint density at radius 2 is 2.17 bits per heavy atom. The molecule has 0 saturated carbocycles. The van der Waals surface area contributed by atoms with E-state index in [-0.39, 0.29) is 0 Å². The summed E-state index contributed by atoms with van der Waals surface area (Å²) in [7, 11) is 0. The molecule has 3 nitrogen and oxygen atoms in total. The van der Waals surface area contributed by atoms with Crippen LogP contribution in [0.5, 0.6) is 0 Å². The van der Waals surface area contributed by atoms with E-state index < -0.39 is 0 Å². The van der Waals surface area contributed by atoms with Crippen LogP contribution in [-0.4, -0.2) is 17.6 Å². The third kappa shape index (κ3) is 3.61. The maximum atomic E-state index is 9.00. The maximum absolute atomic E-state index is 9.00. The molecule has 0 aromatic carbocycles. The van der Waals surface area contributed by atoms with Crippen LogP contribution in [0.4, 0.5) is 5.82 Å². The number of hydrogen-bond donors (Lipinski definition) is 0. The van der Waals surface area contributed by atoms with E-state index in [0.717, 1.165) is 18.8 Å². The molecule has 0 radical (unpaired) electrons. The van der Waals surface area contributed by atoms with Crippen molar-refractivity contribution in [3.8, 4) is 6.07 Å². The highest BCUT2D eigenvalue weighted by atomic mass is 35.5. The fraction of sp³-hybridized carbons (Fsp3) is 0.571. The van der Waals surface area contributed by atoms with Crippen LogP contribution in [0.2, 0.25) is 5.02 Å². The van der Waals surface area contributed by atoms with Gasteiger partial charge in [0.1, 0.15) is 16.9 Å². The van der Waals surface area contributed by atoms with Crippen molar-refractivity contribution in [2.75, 3.05) is 11.4 Å². The number of hydrogen-bond acceptors (Lipinski definition) is 3. The number of nitriles is 1. The molecule has 0 bridgehead atoms. The van der Waals surface area contributed by atoms with Gasteiger partial charge >= 0.3 is 0 Å². The Hall–Kier alpha value is -1.27. The second-order valence-electron chi connectivity index (χ2n) is 4.60. The second kappa shape index (κ2) is 7.23. The van der Waals surface area contributed by atoms with Gasteiger partial charge in [-0.3, -0.25) is 0 Å². The number of rotatable bonds is 6. The van der Waals surface area contributed by atoms with Crippen molar-refractivity contribution in [3.63, 3.8) is 0 Å². The molecule has 0 unspecified atom stereocenters. The van der Waals surface area contributed by atoms with Gasteiger partial charge in [0.15, 0.2) is 0 Å². The van der Waals surface area contributed by atoms with Crippen LogP contribution < -0.4 is 4.90 Å². The first-order chi connectivity index (χ1) is 8.61. The zero-order valence-corrected chi connectivity index (χ0v) is 12.0. The summed E-state index contributed by atoms with van der Waals surface area (Å²) in [4.78, 5) is 6.50. The molecule has 4 heteroatoms. The molecule has 1 heterocycles. The number of pyridine rings is 1. The lowest BCUT2D eigenvalue weighted by Gasteiger charge is -2.28. The minimum atomic E-state index is 0.320. The highest BCUT2D eigenvalue weighted by Crippen LogP contribution is 2.28. The van der Waals surface area contributed by atoms with Gasteiger partial charge in [0.2, 0.25) is 0 Å². The predicted molar refractivity (Wildman–Crippen MR) is 76.0 cm³/mol. The number of halogens is 1. The van der Waals surface area contributed by atoms with Crippen LogP contribution in [0, 0.1) is 11.3 Å². The fourth-order valence-electron chi connectivity index (χ4n) is 1.86. The first-order valence-electron chi connectivity index (χ1n) is 6.43. The van der Waals surface area contributed by atoms with Crippen LogP contribution in [0.3, 0.4) is 0 Å². The molecule has 0 spiro atoms. The van der Waals surface area contributed by atoms with Crippen molar-refractivity contribution < 1.29 is 0 Å². The lowest BCUT2D eigenvalue weighted by atomic mass is 10.2. The summed E-state index contributed by atoms with van der Waals surface area (Å²) in [5, 5.41) is 9.46. The molecule has 0 N–H and O–H groups in total. The average Bonchev–Trinajstić information content (AvgIpc) is 2.35. The molecule has 0 atom stereocenters. The van der Waals surface area contributed by atoms with E-state index in [2.05, 4.69) is 36.7 Å². The maximum Gasteiger partial charge on any atom is 0.148 e. The quantitative estimate of drug-likeness (QED) is 0.730. The Balaban J connectivity index is 2.96. The topological polar surface area (TPSA) is 39.9 Å². The van der Waals surface area contributed by atoms with E-state index in [4.69, 9.17) is 16.9 Å². The van der Waals surface area contributed by atoms with Gasteiger partial charge in [0, 0.05) is 18.8 Å². The molecule has 1 rings (SSSR count). The van der Waals surface area contributed by atoms with E-state index in [0.29, 0.717) is 16.6 Å². The SMILES string of the molecule is CCCCCN(c1nccc(C#N)c1Cl)C(C)C. The normalized spacial score (nSPS) is 10.4. The second-order valence-corrected chi connectivity index (χ2v) is 4.98. The highest BCUT2D eigenvalue weighted by Gasteiger charge is 2.16. The summed E-state index contributed by atoms with van der Waals surface area (Å²) in [6.45, 7) is 7.33. The fourth-order valence-corrected chi connectivity index (χ4v) is 2.12. The van der Waals surface area contributed by atoms with Gasteiger partial charge < -0.3 is 4.90 Å². The summed E-state index contributed by atoms with van der Waals surface area (Å²) < 4.78 is 0. The van der Waals surface area contributed by atoms with E-state index in [9.17, 15) is 0 Å². The Morgan fingerprint density at radius 1 is 1.44 bits per heavy atom. The Bertz CT molecular complexity index is 424. The summed E-state index contributed by atoms with van der Waals surface area (Å²) in [6.07, 6.45) is 5.14. The molecule has 98 valence electrons. The monoisotopic (exact) mass is 265 g/mol. The van der Waals surface area contributed by atoms with Crippen molar-refractivity contribution in [3.05, 3.63) is 22.8 Å². The summed E-state index contributed by atoms with van der Waals surface area (Å²) in [6, 6.07) is 4.07. The molecule has 0 fully saturated rings. The van der Waals surface area contributed by atoms with Gasteiger partial charge in [-0.2, -0.15) is 5.26 Å². The van der Waals surface area contributed by atoms with Crippen LogP contribution in [0.15, 0.2) is 12.3 Å². The summed E-state index contributed by atoms with van der Waals surface area (Å²) in [5.41, 5.74) is 0.489. The molecule has 0 aliphatic rings. The van der Waals surface area contributed by atoms with Gasteiger partial charge in [-0.1, -0.05) is 31.4 Å². The van der Waals surface area contributed by atoms with Crippen molar-refractivity contribution >= 4 is 17.4 Å². The molecule has 0 amide bonds. The van der Waals surface area contributed by atoms with Gasteiger partial charge in [-0.15, -0.1) is 0 Å². The molecule has 1 aromatic heterocycles. The molecule has 18 heavy (non-hydrogen) atoms. The average molecular weight is 266 g/mol. The number of anilines is 1. The van der Waals surface area contributed by atoms with Gasteiger partial charge in [0.25, 0.3) is 0 Å². The molecular formula is C14H20ClN3. The highest BCUT2D eigenvalue weighted by molar-refractivity contribution is 6.34. The zero-order chi connectivity index (χ0) is 13.5. The zero-order valence-electron chi connectivity index (χ0n) is 11.3. The van der Waals surface area contributed by atoms with Crippen molar-refractivity contribution in [1.82, 2.24) is 4.98 Å². The molecule has 0 aliphatic heterocycles. The van der Waals surface area contributed by atoms with Crippen LogP contribution >= 0.6 is 11.6 Å². The minimum Gasteiger partial charge on any atom is -0.353 e. The van der Waals surface area contributed by atoms with E-state index in [1.54, 1.807) is 12.3 Å². The largest absolute Gasteiger partial charge is 0.353 e. The van der Waals surface area contributed by atoms with Gasteiger partial charge in [0.05, 0.1) is 5.56 Å². The van der Waals surface area contributed by atoms with Crippen molar-refractivity contribution in [1.29, 1.82) is 5.26 Å². The van der Waals surface area contributed by atoms with Crippen LogP contribution in [0.1, 0.15) is 45.6 Å². The Labute approximate surface area is 114 Å². The van der Waals surface area contributed by atoms with Crippen LogP contribution in [0.25, 0.3) is 0 Å². The standard InChI is InChI=1S/C14H20ClN3/c1-4-5-6-9-18(11(2)3)14-13(15)12(10-16)7-8-17-14/h7-8,11H,4-6,9H2,1-3H3.